The topological polar surface area (TPSA) is 78.1 Å². The average molecular weight is 351 g/mol. The lowest BCUT2D eigenvalue weighted by Gasteiger charge is -2.16. The van der Waals surface area contributed by atoms with E-state index in [1.165, 1.54) is 12.8 Å². The second-order valence-corrected chi connectivity index (χ2v) is 6.57. The van der Waals surface area contributed by atoms with Crippen LogP contribution in [-0.4, -0.2) is 33.3 Å². The van der Waals surface area contributed by atoms with E-state index in [9.17, 15) is 0 Å². The molecule has 0 fully saturated rings. The number of benzene rings is 1. The van der Waals surface area contributed by atoms with Crippen LogP contribution in [0.15, 0.2) is 17.1 Å². The van der Waals surface area contributed by atoms with Crippen molar-refractivity contribution in [3.63, 3.8) is 0 Å². The van der Waals surface area contributed by atoms with Crippen molar-refractivity contribution < 1.29 is 14.2 Å². The number of hydrogen-bond donors (Lipinski definition) is 2. The number of ether oxygens (including phenoxy) is 3. The largest absolute Gasteiger partial charge is 0.493 e. The Labute approximate surface area is 151 Å². The van der Waals surface area contributed by atoms with Gasteiger partial charge in [0.1, 0.15) is 0 Å². The van der Waals surface area contributed by atoms with Crippen LogP contribution < -0.4 is 25.3 Å². The highest BCUT2D eigenvalue weighted by Gasteiger charge is 2.15. The molecule has 142 valence electrons. The molecule has 3 N–H and O–H groups in total. The molecular weight excluding hydrogens is 318 g/mol. The molecule has 1 aromatic rings. The van der Waals surface area contributed by atoms with E-state index in [0.717, 1.165) is 17.9 Å². The number of nitrogens with one attached hydrogen (secondary N) is 1. The number of nitrogens with zero attached hydrogens (tertiary/aromatic N) is 1. The van der Waals surface area contributed by atoms with Gasteiger partial charge in [0, 0.05) is 11.6 Å². The van der Waals surface area contributed by atoms with Crippen molar-refractivity contribution in [2.24, 2.45) is 16.6 Å². The Bertz CT molecular complexity index is 559. The molecule has 1 aromatic carbocycles. The summed E-state index contributed by atoms with van der Waals surface area (Å²) >= 11 is 0. The number of methoxy groups -OCH3 is 3. The molecule has 0 heterocycles. The molecule has 1 unspecified atom stereocenters. The van der Waals surface area contributed by atoms with Crippen LogP contribution in [0.3, 0.4) is 0 Å². The summed E-state index contributed by atoms with van der Waals surface area (Å²) in [6.45, 7) is 7.01. The van der Waals surface area contributed by atoms with E-state index in [0.29, 0.717) is 35.8 Å². The minimum Gasteiger partial charge on any atom is -0.493 e. The van der Waals surface area contributed by atoms with E-state index in [-0.39, 0.29) is 0 Å². The zero-order chi connectivity index (χ0) is 18.8. The van der Waals surface area contributed by atoms with Gasteiger partial charge < -0.3 is 25.3 Å². The summed E-state index contributed by atoms with van der Waals surface area (Å²) in [5, 5.41) is 3.24. The van der Waals surface area contributed by atoms with Gasteiger partial charge in [-0.15, -0.1) is 0 Å². The standard InChI is InChI=1S/C19H33N3O3/c1-13(2)8-7-9-14(3)22-19(20)21-12-15-10-11-16(23-4)18(25-6)17(15)24-5/h10-11,13-14H,7-9,12H2,1-6H3,(H3,20,21,22). The normalized spacial score (nSPS) is 12.8. The van der Waals surface area contributed by atoms with E-state index in [1.54, 1.807) is 21.3 Å². The molecule has 0 aromatic heterocycles. The second kappa shape index (κ2) is 10.7. The summed E-state index contributed by atoms with van der Waals surface area (Å²) in [6, 6.07) is 4.04. The van der Waals surface area contributed by atoms with E-state index < -0.39 is 0 Å². The molecule has 1 rings (SSSR count). The third-order valence-electron chi connectivity index (χ3n) is 4.02. The third-order valence-corrected chi connectivity index (χ3v) is 4.02. The molecule has 0 aliphatic carbocycles. The molecule has 1 atom stereocenters. The number of nitrogens with two attached hydrogens (primary N) is 1. The van der Waals surface area contributed by atoms with Gasteiger partial charge in [-0.05, 0) is 31.4 Å². The molecule has 25 heavy (non-hydrogen) atoms. The summed E-state index contributed by atoms with van der Waals surface area (Å²) in [5.41, 5.74) is 6.90. The summed E-state index contributed by atoms with van der Waals surface area (Å²) < 4.78 is 16.1. The lowest BCUT2D eigenvalue weighted by atomic mass is 10.0. The van der Waals surface area contributed by atoms with Crippen molar-refractivity contribution in [1.29, 1.82) is 0 Å². The minimum absolute atomic E-state index is 0.301. The lowest BCUT2D eigenvalue weighted by molar-refractivity contribution is 0.322. The maximum Gasteiger partial charge on any atom is 0.203 e. The summed E-state index contributed by atoms with van der Waals surface area (Å²) in [6.07, 6.45) is 3.49. The fourth-order valence-corrected chi connectivity index (χ4v) is 2.66. The summed E-state index contributed by atoms with van der Waals surface area (Å²) in [5.74, 6) is 2.97. The lowest BCUT2D eigenvalue weighted by Crippen LogP contribution is -2.38. The maximum atomic E-state index is 6.01. The van der Waals surface area contributed by atoms with E-state index in [2.05, 4.69) is 31.1 Å². The van der Waals surface area contributed by atoms with Crippen molar-refractivity contribution in [3.8, 4) is 17.2 Å². The van der Waals surface area contributed by atoms with Gasteiger partial charge >= 0.3 is 0 Å². The zero-order valence-electron chi connectivity index (χ0n) is 16.4. The Kier molecular flexibility index (Phi) is 8.95. The van der Waals surface area contributed by atoms with Gasteiger partial charge in [-0.2, -0.15) is 0 Å². The Morgan fingerprint density at radius 2 is 1.72 bits per heavy atom. The van der Waals surface area contributed by atoms with E-state index in [1.807, 2.05) is 12.1 Å². The van der Waals surface area contributed by atoms with Gasteiger partial charge in [0.15, 0.2) is 17.5 Å². The quantitative estimate of drug-likeness (QED) is 0.499. The van der Waals surface area contributed by atoms with Gasteiger partial charge in [-0.3, -0.25) is 0 Å². The van der Waals surface area contributed by atoms with Gasteiger partial charge in [-0.25, -0.2) is 4.99 Å². The molecule has 6 heteroatoms. The SMILES string of the molecule is COc1ccc(CN=C(N)NC(C)CCCC(C)C)c(OC)c1OC. The second-order valence-electron chi connectivity index (χ2n) is 6.57. The van der Waals surface area contributed by atoms with Gasteiger partial charge in [-0.1, -0.05) is 26.7 Å². The first kappa shape index (κ1) is 20.9. The molecule has 6 nitrogen and oxygen atoms in total. The Morgan fingerprint density at radius 3 is 2.28 bits per heavy atom. The molecule has 0 radical (unpaired) electrons. The van der Waals surface area contributed by atoms with Crippen LogP contribution in [-0.2, 0) is 6.54 Å². The van der Waals surface area contributed by atoms with Crippen molar-refractivity contribution in [2.45, 2.75) is 52.6 Å². The molecule has 0 aliphatic rings. The highest BCUT2D eigenvalue weighted by atomic mass is 16.5. The van der Waals surface area contributed by atoms with Crippen LogP contribution in [0.25, 0.3) is 0 Å². The van der Waals surface area contributed by atoms with Crippen molar-refractivity contribution >= 4 is 5.96 Å². The highest BCUT2D eigenvalue weighted by Crippen LogP contribution is 2.39. The van der Waals surface area contributed by atoms with Crippen LogP contribution >= 0.6 is 0 Å². The van der Waals surface area contributed by atoms with Crippen LogP contribution in [0.4, 0.5) is 0 Å². The number of rotatable bonds is 10. The number of guanidine groups is 1. The number of hydrogen-bond acceptors (Lipinski definition) is 4. The predicted molar refractivity (Wildman–Crippen MR) is 103 cm³/mol. The fourth-order valence-electron chi connectivity index (χ4n) is 2.66. The van der Waals surface area contributed by atoms with Crippen molar-refractivity contribution in [1.82, 2.24) is 5.32 Å². The zero-order valence-corrected chi connectivity index (χ0v) is 16.4. The first-order valence-electron chi connectivity index (χ1n) is 8.77. The minimum atomic E-state index is 0.301. The van der Waals surface area contributed by atoms with E-state index in [4.69, 9.17) is 19.9 Å². The Morgan fingerprint density at radius 1 is 1.04 bits per heavy atom. The van der Waals surface area contributed by atoms with Gasteiger partial charge in [0.05, 0.1) is 27.9 Å². The maximum absolute atomic E-state index is 6.01. The monoisotopic (exact) mass is 351 g/mol. The molecule has 0 amide bonds. The van der Waals surface area contributed by atoms with Crippen LogP contribution in [0, 0.1) is 5.92 Å². The smallest absolute Gasteiger partial charge is 0.203 e. The molecule has 0 aliphatic heterocycles. The molecule has 0 bridgehead atoms. The first-order chi connectivity index (χ1) is 11.9. The fraction of sp³-hybridized carbons (Fsp3) is 0.632. The predicted octanol–water partition coefficient (Wildman–Crippen LogP) is 3.33. The van der Waals surface area contributed by atoms with Gasteiger partial charge in [0.2, 0.25) is 5.75 Å². The Balaban J connectivity index is 2.70. The van der Waals surface area contributed by atoms with Crippen molar-refractivity contribution in [2.75, 3.05) is 21.3 Å². The first-order valence-corrected chi connectivity index (χ1v) is 8.77. The van der Waals surface area contributed by atoms with Crippen LogP contribution in [0.1, 0.15) is 45.6 Å². The van der Waals surface area contributed by atoms with E-state index >= 15 is 0 Å². The van der Waals surface area contributed by atoms with Crippen LogP contribution in [0.2, 0.25) is 0 Å². The van der Waals surface area contributed by atoms with Crippen LogP contribution in [0.5, 0.6) is 17.2 Å². The third kappa shape index (κ3) is 6.72. The summed E-state index contributed by atoms with van der Waals surface area (Å²) in [4.78, 5) is 4.42. The molecule has 0 saturated heterocycles. The highest BCUT2D eigenvalue weighted by molar-refractivity contribution is 5.78. The Hall–Kier alpha value is -2.11. The summed E-state index contributed by atoms with van der Waals surface area (Å²) in [7, 11) is 4.78. The number of aliphatic imine (C=N–C) groups is 1. The molecular formula is C19H33N3O3. The van der Waals surface area contributed by atoms with Crippen molar-refractivity contribution in [3.05, 3.63) is 17.7 Å². The molecule has 0 spiro atoms. The molecule has 0 saturated carbocycles. The van der Waals surface area contributed by atoms with Gasteiger partial charge in [0.25, 0.3) is 0 Å². The average Bonchev–Trinajstić information content (AvgIpc) is 2.58.